The summed E-state index contributed by atoms with van der Waals surface area (Å²) in [5, 5.41) is 0. The van der Waals surface area contributed by atoms with Crippen LogP contribution >= 0.6 is 0 Å². The van der Waals surface area contributed by atoms with Gasteiger partial charge in [-0.3, -0.25) is 4.21 Å². The van der Waals surface area contributed by atoms with Crippen molar-refractivity contribution in [2.45, 2.75) is 37.8 Å². The van der Waals surface area contributed by atoms with Crippen molar-refractivity contribution in [2.75, 3.05) is 0 Å². The molecule has 0 aromatic heterocycles. The van der Waals surface area contributed by atoms with Crippen LogP contribution in [0.15, 0.2) is 0 Å². The van der Waals surface area contributed by atoms with Gasteiger partial charge in [0, 0.05) is 23.4 Å². The van der Waals surface area contributed by atoms with Gasteiger partial charge in [-0.05, 0) is 25.7 Å². The molecule has 0 spiro atoms. The zero-order chi connectivity index (χ0) is 8.27. The second-order valence-electron chi connectivity index (χ2n) is 2.96. The van der Waals surface area contributed by atoms with E-state index in [1.807, 2.05) is 0 Å². The second kappa shape index (κ2) is 4.15. The van der Waals surface area contributed by atoms with E-state index < -0.39 is 11.3 Å². The van der Waals surface area contributed by atoms with Crippen LogP contribution < -0.4 is 10.5 Å². The molecule has 1 aliphatic rings. The molecule has 1 aliphatic carbocycles. The molecule has 4 nitrogen and oxygen atoms in total. The molecule has 1 rings (SSSR count). The summed E-state index contributed by atoms with van der Waals surface area (Å²) < 4.78 is 22.9. The molecule has 0 aromatic carbocycles. The molecule has 0 aliphatic heterocycles. The summed E-state index contributed by atoms with van der Waals surface area (Å²) in [6.45, 7) is 0. The van der Waals surface area contributed by atoms with Crippen molar-refractivity contribution < 1.29 is 8.76 Å². The fourth-order valence-corrected chi connectivity index (χ4v) is 1.88. The van der Waals surface area contributed by atoms with E-state index >= 15 is 0 Å². The minimum absolute atomic E-state index is 0.119. The highest BCUT2D eigenvalue weighted by atomic mass is 32.2. The van der Waals surface area contributed by atoms with Gasteiger partial charge in [-0.2, -0.15) is 0 Å². The first-order chi connectivity index (χ1) is 5.18. The van der Waals surface area contributed by atoms with Crippen molar-refractivity contribution in [1.82, 2.24) is 4.72 Å². The molecule has 66 valence electrons. The molecule has 0 aromatic rings. The SMILES string of the molecule is NC1CCC(NS(=O)[O-])CC1. The molecule has 11 heavy (non-hydrogen) atoms. The van der Waals surface area contributed by atoms with Gasteiger partial charge in [0.25, 0.3) is 0 Å². The van der Waals surface area contributed by atoms with Crippen molar-refractivity contribution in [3.8, 4) is 0 Å². The minimum atomic E-state index is -2.12. The van der Waals surface area contributed by atoms with Crippen LogP contribution in [0.4, 0.5) is 0 Å². The Morgan fingerprint density at radius 2 is 1.91 bits per heavy atom. The lowest BCUT2D eigenvalue weighted by Crippen LogP contribution is -2.38. The Labute approximate surface area is 69.0 Å². The Morgan fingerprint density at radius 1 is 1.36 bits per heavy atom. The molecule has 1 atom stereocenters. The quantitative estimate of drug-likeness (QED) is 0.565. The van der Waals surface area contributed by atoms with E-state index in [-0.39, 0.29) is 12.1 Å². The standard InChI is InChI=1S/C6H14N2O2S/c7-5-1-3-6(4-2-5)8-11(9)10/h5-6,8H,1-4,7H2,(H,9,10)/p-1. The zero-order valence-electron chi connectivity index (χ0n) is 6.29. The average molecular weight is 177 g/mol. The first-order valence-electron chi connectivity index (χ1n) is 3.79. The molecule has 0 bridgehead atoms. The van der Waals surface area contributed by atoms with E-state index in [2.05, 4.69) is 4.72 Å². The van der Waals surface area contributed by atoms with Crippen molar-refractivity contribution >= 4 is 11.3 Å². The first kappa shape index (κ1) is 9.12. The third kappa shape index (κ3) is 3.29. The van der Waals surface area contributed by atoms with Crippen LogP contribution in [0.1, 0.15) is 25.7 Å². The predicted octanol–water partition coefficient (Wildman–Crippen LogP) is -0.360. The van der Waals surface area contributed by atoms with E-state index in [1.54, 1.807) is 0 Å². The van der Waals surface area contributed by atoms with Crippen LogP contribution in [-0.4, -0.2) is 20.8 Å². The van der Waals surface area contributed by atoms with Crippen LogP contribution in [0.3, 0.4) is 0 Å². The molecule has 0 radical (unpaired) electrons. The topological polar surface area (TPSA) is 78.2 Å². The van der Waals surface area contributed by atoms with Gasteiger partial charge in [0.05, 0.1) is 0 Å². The maximum Gasteiger partial charge on any atom is 0.0185 e. The van der Waals surface area contributed by atoms with Crippen LogP contribution in [0, 0.1) is 0 Å². The van der Waals surface area contributed by atoms with E-state index in [1.165, 1.54) is 0 Å². The van der Waals surface area contributed by atoms with E-state index in [0.29, 0.717) is 0 Å². The van der Waals surface area contributed by atoms with Crippen molar-refractivity contribution in [3.05, 3.63) is 0 Å². The van der Waals surface area contributed by atoms with Gasteiger partial charge in [-0.15, -0.1) is 0 Å². The fourth-order valence-electron chi connectivity index (χ4n) is 1.37. The van der Waals surface area contributed by atoms with Gasteiger partial charge in [0.2, 0.25) is 0 Å². The molecule has 3 N–H and O–H groups in total. The van der Waals surface area contributed by atoms with Crippen LogP contribution in [-0.2, 0) is 11.3 Å². The lowest BCUT2D eigenvalue weighted by Gasteiger charge is -2.27. The predicted molar refractivity (Wildman–Crippen MR) is 42.3 cm³/mol. The van der Waals surface area contributed by atoms with Crippen LogP contribution in [0.5, 0.6) is 0 Å². The summed E-state index contributed by atoms with van der Waals surface area (Å²) in [5.41, 5.74) is 5.65. The van der Waals surface area contributed by atoms with Gasteiger partial charge in [0.1, 0.15) is 0 Å². The minimum Gasteiger partial charge on any atom is -0.760 e. The lowest BCUT2D eigenvalue weighted by molar-refractivity contribution is 0.369. The molecular weight excluding hydrogens is 164 g/mol. The summed E-state index contributed by atoms with van der Waals surface area (Å²) in [6.07, 6.45) is 3.59. The molecule has 0 heterocycles. The number of nitrogens with one attached hydrogen (secondary N) is 1. The number of hydrogen-bond acceptors (Lipinski definition) is 3. The molecule has 0 amide bonds. The van der Waals surface area contributed by atoms with E-state index in [4.69, 9.17) is 5.73 Å². The first-order valence-corrected chi connectivity index (χ1v) is 4.87. The normalized spacial score (nSPS) is 35.1. The summed E-state index contributed by atoms with van der Waals surface area (Å²) in [5.74, 6) is 0. The monoisotopic (exact) mass is 177 g/mol. The smallest absolute Gasteiger partial charge is 0.0185 e. The fraction of sp³-hybridized carbons (Fsp3) is 1.00. The van der Waals surface area contributed by atoms with Crippen molar-refractivity contribution in [1.29, 1.82) is 0 Å². The van der Waals surface area contributed by atoms with Gasteiger partial charge < -0.3 is 10.3 Å². The number of nitrogens with two attached hydrogens (primary N) is 1. The highest BCUT2D eigenvalue weighted by Crippen LogP contribution is 2.16. The van der Waals surface area contributed by atoms with Crippen LogP contribution in [0.2, 0.25) is 0 Å². The van der Waals surface area contributed by atoms with Gasteiger partial charge >= 0.3 is 0 Å². The molecule has 1 unspecified atom stereocenters. The summed E-state index contributed by atoms with van der Waals surface area (Å²) in [6, 6.07) is 0.390. The molecular formula is C6H13N2O2S-. The van der Waals surface area contributed by atoms with Crippen molar-refractivity contribution in [2.24, 2.45) is 5.73 Å². The Bertz CT molecular complexity index is 146. The third-order valence-corrected chi connectivity index (χ3v) is 2.56. The molecule has 0 saturated heterocycles. The van der Waals surface area contributed by atoms with Crippen molar-refractivity contribution in [3.63, 3.8) is 0 Å². The second-order valence-corrected chi connectivity index (χ2v) is 3.67. The highest BCUT2D eigenvalue weighted by molar-refractivity contribution is 7.77. The number of rotatable bonds is 2. The summed E-state index contributed by atoms with van der Waals surface area (Å²) in [7, 11) is 0. The summed E-state index contributed by atoms with van der Waals surface area (Å²) in [4.78, 5) is 0. The highest BCUT2D eigenvalue weighted by Gasteiger charge is 2.17. The van der Waals surface area contributed by atoms with Gasteiger partial charge in [-0.25, -0.2) is 4.72 Å². The third-order valence-electron chi connectivity index (χ3n) is 2.03. The van der Waals surface area contributed by atoms with E-state index in [0.717, 1.165) is 25.7 Å². The zero-order valence-corrected chi connectivity index (χ0v) is 7.10. The Balaban J connectivity index is 2.22. The Kier molecular flexibility index (Phi) is 3.45. The van der Waals surface area contributed by atoms with Crippen LogP contribution in [0.25, 0.3) is 0 Å². The Hall–Kier alpha value is 0.0300. The lowest BCUT2D eigenvalue weighted by atomic mass is 9.93. The maximum absolute atomic E-state index is 10.2. The molecule has 1 fully saturated rings. The average Bonchev–Trinajstić information content (AvgIpc) is 1.93. The Morgan fingerprint density at radius 3 is 2.36 bits per heavy atom. The van der Waals surface area contributed by atoms with E-state index in [9.17, 15) is 8.76 Å². The summed E-state index contributed by atoms with van der Waals surface area (Å²) >= 11 is -2.12. The van der Waals surface area contributed by atoms with Gasteiger partial charge in [-0.1, -0.05) is 0 Å². The maximum atomic E-state index is 10.2. The van der Waals surface area contributed by atoms with Gasteiger partial charge in [0.15, 0.2) is 0 Å². The number of hydrogen-bond donors (Lipinski definition) is 2. The molecule has 1 saturated carbocycles. The molecule has 5 heteroatoms. The largest absolute Gasteiger partial charge is 0.760 e.